The van der Waals surface area contributed by atoms with Crippen LogP contribution < -0.4 is 0 Å². The van der Waals surface area contributed by atoms with Crippen molar-refractivity contribution in [2.75, 3.05) is 13.7 Å². The van der Waals surface area contributed by atoms with E-state index in [2.05, 4.69) is 0 Å². The molecule has 0 aromatic rings. The second-order valence-corrected chi connectivity index (χ2v) is 4.68. The fourth-order valence-electron chi connectivity index (χ4n) is 3.35. The van der Waals surface area contributed by atoms with Gasteiger partial charge in [-0.1, -0.05) is 0 Å². The molecule has 0 aromatic heterocycles. The molecule has 0 N–H and O–H groups in total. The van der Waals surface area contributed by atoms with Crippen LogP contribution in [0.4, 0.5) is 0 Å². The number of methoxy groups -OCH3 is 1. The zero-order valence-electron chi connectivity index (χ0n) is 9.57. The van der Waals surface area contributed by atoms with E-state index in [-0.39, 0.29) is 11.9 Å². The molecule has 0 spiro atoms. The Bertz CT molecular complexity index is 239. The number of esters is 1. The van der Waals surface area contributed by atoms with Gasteiger partial charge in [-0.15, -0.1) is 0 Å². The van der Waals surface area contributed by atoms with Crippen LogP contribution in [0.2, 0.25) is 0 Å². The minimum atomic E-state index is -0.0142. The van der Waals surface area contributed by atoms with Gasteiger partial charge >= 0.3 is 5.97 Å². The summed E-state index contributed by atoms with van der Waals surface area (Å²) in [5.74, 6) is 1.35. The van der Waals surface area contributed by atoms with Crippen molar-refractivity contribution >= 4 is 5.97 Å². The first kappa shape index (κ1) is 10.9. The van der Waals surface area contributed by atoms with Crippen molar-refractivity contribution < 1.29 is 14.3 Å². The number of hydrogen-bond acceptors (Lipinski definition) is 3. The highest BCUT2D eigenvalue weighted by Gasteiger charge is 2.46. The van der Waals surface area contributed by atoms with Gasteiger partial charge in [0.15, 0.2) is 0 Å². The number of rotatable bonds is 3. The summed E-state index contributed by atoms with van der Waals surface area (Å²) in [6.07, 6.45) is 4.77. The average Bonchev–Trinajstić information content (AvgIpc) is 2.76. The summed E-state index contributed by atoms with van der Waals surface area (Å²) in [6, 6.07) is 0. The molecule has 3 nitrogen and oxygen atoms in total. The fraction of sp³-hybridized carbons (Fsp3) is 0.917. The van der Waals surface area contributed by atoms with Crippen molar-refractivity contribution in [3.63, 3.8) is 0 Å². The number of hydrogen-bond donors (Lipinski definition) is 0. The van der Waals surface area contributed by atoms with E-state index in [9.17, 15) is 4.79 Å². The maximum atomic E-state index is 11.6. The summed E-state index contributed by atoms with van der Waals surface area (Å²) in [5.41, 5.74) is 0. The lowest BCUT2D eigenvalue weighted by Gasteiger charge is -2.16. The highest BCUT2D eigenvalue weighted by Crippen LogP contribution is 2.48. The molecule has 0 aliphatic heterocycles. The van der Waals surface area contributed by atoms with E-state index in [4.69, 9.17) is 9.47 Å². The van der Waals surface area contributed by atoms with Crippen molar-refractivity contribution in [3.8, 4) is 0 Å². The highest BCUT2D eigenvalue weighted by atomic mass is 16.5. The van der Waals surface area contributed by atoms with Crippen LogP contribution in [-0.2, 0) is 14.3 Å². The van der Waals surface area contributed by atoms with E-state index in [1.54, 1.807) is 0 Å². The Labute approximate surface area is 91.1 Å². The number of carbonyl (C=O) groups excluding carboxylic acids is 1. The monoisotopic (exact) mass is 212 g/mol. The zero-order chi connectivity index (χ0) is 10.8. The SMILES string of the molecule is CCOC1CC2CCC(C(=O)OC)C2C1. The Kier molecular flexibility index (Phi) is 3.29. The van der Waals surface area contributed by atoms with E-state index in [0.717, 1.165) is 25.9 Å². The largest absolute Gasteiger partial charge is 0.469 e. The highest BCUT2D eigenvalue weighted by molar-refractivity contribution is 5.73. The predicted octanol–water partition coefficient (Wildman–Crippen LogP) is 2.00. The molecule has 4 unspecified atom stereocenters. The number of fused-ring (bicyclic) bond motifs is 1. The Morgan fingerprint density at radius 1 is 1.33 bits per heavy atom. The van der Waals surface area contributed by atoms with Gasteiger partial charge in [0.05, 0.1) is 19.1 Å². The van der Waals surface area contributed by atoms with Crippen molar-refractivity contribution in [2.45, 2.75) is 38.7 Å². The normalized spacial score (nSPS) is 39.1. The van der Waals surface area contributed by atoms with Crippen molar-refractivity contribution in [1.82, 2.24) is 0 Å². The molecule has 2 fully saturated rings. The van der Waals surface area contributed by atoms with Crippen LogP contribution >= 0.6 is 0 Å². The van der Waals surface area contributed by atoms with Crippen LogP contribution in [0.1, 0.15) is 32.6 Å². The maximum Gasteiger partial charge on any atom is 0.308 e. The Hall–Kier alpha value is -0.570. The molecule has 0 amide bonds. The molecule has 0 aromatic carbocycles. The minimum Gasteiger partial charge on any atom is -0.469 e. The lowest BCUT2D eigenvalue weighted by molar-refractivity contribution is -0.146. The Morgan fingerprint density at radius 3 is 2.80 bits per heavy atom. The van der Waals surface area contributed by atoms with Gasteiger partial charge in [0.2, 0.25) is 0 Å². The van der Waals surface area contributed by atoms with E-state index < -0.39 is 0 Å². The Morgan fingerprint density at radius 2 is 2.13 bits per heavy atom. The first-order chi connectivity index (χ1) is 7.26. The average molecular weight is 212 g/mol. The summed E-state index contributed by atoms with van der Waals surface area (Å²) in [4.78, 5) is 11.6. The molecule has 0 radical (unpaired) electrons. The van der Waals surface area contributed by atoms with Crippen molar-refractivity contribution in [1.29, 1.82) is 0 Å². The predicted molar refractivity (Wildman–Crippen MR) is 56.4 cm³/mol. The summed E-state index contributed by atoms with van der Waals surface area (Å²) >= 11 is 0. The van der Waals surface area contributed by atoms with Gasteiger partial charge < -0.3 is 9.47 Å². The van der Waals surface area contributed by atoms with Gasteiger partial charge in [0.1, 0.15) is 0 Å². The van der Waals surface area contributed by atoms with Gasteiger partial charge in [-0.25, -0.2) is 0 Å². The molecular formula is C12H20O3. The van der Waals surface area contributed by atoms with Crippen molar-refractivity contribution in [3.05, 3.63) is 0 Å². The molecule has 86 valence electrons. The molecule has 0 bridgehead atoms. The van der Waals surface area contributed by atoms with Gasteiger partial charge in [-0.05, 0) is 44.4 Å². The molecule has 4 atom stereocenters. The standard InChI is InChI=1S/C12H20O3/c1-3-15-9-6-8-4-5-10(11(8)7-9)12(13)14-2/h8-11H,3-7H2,1-2H3. The van der Waals surface area contributed by atoms with Crippen LogP contribution in [0.15, 0.2) is 0 Å². The van der Waals surface area contributed by atoms with Crippen LogP contribution in [0.25, 0.3) is 0 Å². The third kappa shape index (κ3) is 2.03. The van der Waals surface area contributed by atoms with Crippen LogP contribution in [-0.4, -0.2) is 25.8 Å². The molecule has 3 heteroatoms. The first-order valence-electron chi connectivity index (χ1n) is 5.95. The summed E-state index contributed by atoms with van der Waals surface area (Å²) in [7, 11) is 1.49. The zero-order valence-corrected chi connectivity index (χ0v) is 9.57. The molecule has 2 aliphatic rings. The molecule has 0 saturated heterocycles. The van der Waals surface area contributed by atoms with E-state index in [1.165, 1.54) is 13.5 Å². The molecule has 0 heterocycles. The smallest absolute Gasteiger partial charge is 0.308 e. The lowest BCUT2D eigenvalue weighted by Crippen LogP contribution is -2.21. The Balaban J connectivity index is 1.95. The molecule has 2 aliphatic carbocycles. The summed E-state index contributed by atoms with van der Waals surface area (Å²) in [5, 5.41) is 0. The number of ether oxygens (including phenoxy) is 2. The van der Waals surface area contributed by atoms with Crippen LogP contribution in [0.5, 0.6) is 0 Å². The fourth-order valence-corrected chi connectivity index (χ4v) is 3.35. The lowest BCUT2D eigenvalue weighted by atomic mass is 9.92. The second kappa shape index (κ2) is 4.52. The van der Waals surface area contributed by atoms with E-state index in [0.29, 0.717) is 17.9 Å². The van der Waals surface area contributed by atoms with Gasteiger partial charge in [0, 0.05) is 6.61 Å². The van der Waals surface area contributed by atoms with E-state index >= 15 is 0 Å². The van der Waals surface area contributed by atoms with Crippen LogP contribution in [0.3, 0.4) is 0 Å². The topological polar surface area (TPSA) is 35.5 Å². The van der Waals surface area contributed by atoms with Gasteiger partial charge in [0.25, 0.3) is 0 Å². The van der Waals surface area contributed by atoms with Crippen molar-refractivity contribution in [2.24, 2.45) is 17.8 Å². The number of carbonyl (C=O) groups is 1. The van der Waals surface area contributed by atoms with Crippen LogP contribution in [0, 0.1) is 17.8 Å². The van der Waals surface area contributed by atoms with E-state index in [1.807, 2.05) is 6.92 Å². The maximum absolute atomic E-state index is 11.6. The van der Waals surface area contributed by atoms with Gasteiger partial charge in [-0.3, -0.25) is 4.79 Å². The minimum absolute atomic E-state index is 0.0142. The molecule has 2 saturated carbocycles. The second-order valence-electron chi connectivity index (χ2n) is 4.68. The summed E-state index contributed by atoms with van der Waals surface area (Å²) < 4.78 is 10.5. The first-order valence-corrected chi connectivity index (χ1v) is 5.95. The molecule has 2 rings (SSSR count). The summed E-state index contributed by atoms with van der Waals surface area (Å²) in [6.45, 7) is 2.82. The third-order valence-corrected chi connectivity index (χ3v) is 3.98. The molecule has 15 heavy (non-hydrogen) atoms. The quantitative estimate of drug-likeness (QED) is 0.671. The third-order valence-electron chi connectivity index (χ3n) is 3.98. The van der Waals surface area contributed by atoms with Gasteiger partial charge in [-0.2, -0.15) is 0 Å². The molecular weight excluding hydrogens is 192 g/mol.